The van der Waals surface area contributed by atoms with E-state index in [0.717, 1.165) is 0 Å². The maximum Gasteiger partial charge on any atom is 0.292 e. The van der Waals surface area contributed by atoms with Crippen molar-refractivity contribution in [1.29, 1.82) is 0 Å². The van der Waals surface area contributed by atoms with E-state index in [2.05, 4.69) is 10.5 Å². The van der Waals surface area contributed by atoms with Gasteiger partial charge >= 0.3 is 0 Å². The molecule has 2 aliphatic heterocycles. The summed E-state index contributed by atoms with van der Waals surface area (Å²) in [5.41, 5.74) is -0.355. The monoisotopic (exact) mass is 279 g/mol. The van der Waals surface area contributed by atoms with E-state index in [1.165, 1.54) is 6.20 Å². The minimum Gasteiger partial charge on any atom is -0.363 e. The van der Waals surface area contributed by atoms with E-state index in [4.69, 9.17) is 9.26 Å². The zero-order valence-corrected chi connectivity index (χ0v) is 11.3. The molecule has 7 heteroatoms. The van der Waals surface area contributed by atoms with Crippen LogP contribution >= 0.6 is 0 Å². The Hall–Kier alpha value is -1.89. The Morgan fingerprint density at radius 1 is 1.50 bits per heavy atom. The lowest BCUT2D eigenvalue weighted by molar-refractivity contribution is -0.158. The highest BCUT2D eigenvalue weighted by molar-refractivity contribution is 5.91. The summed E-state index contributed by atoms with van der Waals surface area (Å²) in [4.78, 5) is 25.2. The molecule has 108 valence electrons. The van der Waals surface area contributed by atoms with Crippen molar-refractivity contribution in [3.05, 3.63) is 18.0 Å². The Morgan fingerprint density at radius 2 is 2.25 bits per heavy atom. The molecule has 3 heterocycles. The Labute approximate surface area is 116 Å². The van der Waals surface area contributed by atoms with Gasteiger partial charge in [0, 0.05) is 19.2 Å². The standard InChI is InChI=1S/C13H17N3O4/c1-9-13(19-8-11(17)15-9)3-6-16(7-4-13)12(18)10-2-5-14-20-10/h2,5,9H,3-4,6-8H2,1H3,(H,15,17)/t9-/m1/s1. The highest BCUT2D eigenvalue weighted by atomic mass is 16.5. The summed E-state index contributed by atoms with van der Waals surface area (Å²) in [6.07, 6.45) is 2.86. The fourth-order valence-corrected chi connectivity index (χ4v) is 2.90. The predicted molar refractivity (Wildman–Crippen MR) is 67.9 cm³/mol. The summed E-state index contributed by atoms with van der Waals surface area (Å²) in [5, 5.41) is 6.46. The largest absolute Gasteiger partial charge is 0.363 e. The molecule has 2 aliphatic rings. The van der Waals surface area contributed by atoms with Crippen LogP contribution in [-0.4, -0.2) is 53.2 Å². The van der Waals surface area contributed by atoms with Gasteiger partial charge in [0.25, 0.3) is 5.91 Å². The van der Waals surface area contributed by atoms with Crippen molar-refractivity contribution in [3.63, 3.8) is 0 Å². The van der Waals surface area contributed by atoms with Gasteiger partial charge in [-0.15, -0.1) is 0 Å². The van der Waals surface area contributed by atoms with Crippen LogP contribution in [0, 0.1) is 0 Å². The summed E-state index contributed by atoms with van der Waals surface area (Å²) in [7, 11) is 0. The van der Waals surface area contributed by atoms with Crippen molar-refractivity contribution in [2.45, 2.75) is 31.4 Å². The van der Waals surface area contributed by atoms with Crippen molar-refractivity contribution in [2.75, 3.05) is 19.7 Å². The minimum absolute atomic E-state index is 0.0359. The molecule has 1 aromatic heterocycles. The summed E-state index contributed by atoms with van der Waals surface area (Å²) < 4.78 is 10.7. The van der Waals surface area contributed by atoms with Crippen LogP contribution in [0.15, 0.2) is 16.8 Å². The number of hydrogen-bond donors (Lipinski definition) is 1. The molecule has 2 amide bonds. The van der Waals surface area contributed by atoms with Crippen molar-refractivity contribution in [3.8, 4) is 0 Å². The lowest BCUT2D eigenvalue weighted by Gasteiger charge is -2.47. The molecule has 0 unspecified atom stereocenters. The van der Waals surface area contributed by atoms with Crippen LogP contribution in [0.3, 0.4) is 0 Å². The number of morpholine rings is 1. The number of ether oxygens (including phenoxy) is 1. The second kappa shape index (κ2) is 4.90. The van der Waals surface area contributed by atoms with Crippen molar-refractivity contribution >= 4 is 11.8 Å². The quantitative estimate of drug-likeness (QED) is 0.793. The first-order chi connectivity index (χ1) is 9.61. The zero-order chi connectivity index (χ0) is 14.2. The molecular formula is C13H17N3O4. The first-order valence-corrected chi connectivity index (χ1v) is 6.74. The van der Waals surface area contributed by atoms with Gasteiger partial charge in [-0.2, -0.15) is 0 Å². The number of carbonyl (C=O) groups excluding carboxylic acids is 2. The summed E-state index contributed by atoms with van der Waals surface area (Å²) in [5.74, 6) is 0.0278. The van der Waals surface area contributed by atoms with E-state index in [9.17, 15) is 9.59 Å². The van der Waals surface area contributed by atoms with E-state index in [1.54, 1.807) is 11.0 Å². The van der Waals surface area contributed by atoms with E-state index >= 15 is 0 Å². The fraction of sp³-hybridized carbons (Fsp3) is 0.615. The zero-order valence-electron chi connectivity index (χ0n) is 11.3. The molecule has 0 aliphatic carbocycles. The molecular weight excluding hydrogens is 262 g/mol. The lowest BCUT2D eigenvalue weighted by Crippen LogP contribution is -2.63. The van der Waals surface area contributed by atoms with Crippen LogP contribution in [-0.2, 0) is 9.53 Å². The van der Waals surface area contributed by atoms with Gasteiger partial charge in [-0.05, 0) is 19.8 Å². The molecule has 0 bridgehead atoms. The Kier molecular flexibility index (Phi) is 3.21. The van der Waals surface area contributed by atoms with Crippen LogP contribution in [0.1, 0.15) is 30.3 Å². The predicted octanol–water partition coefficient (Wildman–Crippen LogP) is 0.184. The van der Waals surface area contributed by atoms with Crippen LogP contribution in [0.2, 0.25) is 0 Å². The SMILES string of the molecule is C[C@H]1NC(=O)COC12CCN(C(=O)c1ccno1)CC2. The highest BCUT2D eigenvalue weighted by Crippen LogP contribution is 2.32. The van der Waals surface area contributed by atoms with Gasteiger partial charge < -0.3 is 19.5 Å². The van der Waals surface area contributed by atoms with E-state index < -0.39 is 0 Å². The molecule has 0 radical (unpaired) electrons. The molecule has 7 nitrogen and oxygen atoms in total. The Balaban J connectivity index is 1.65. The third kappa shape index (κ3) is 2.18. The van der Waals surface area contributed by atoms with Gasteiger partial charge in [-0.25, -0.2) is 0 Å². The third-order valence-corrected chi connectivity index (χ3v) is 4.20. The number of nitrogens with zero attached hydrogens (tertiary/aromatic N) is 2. The molecule has 0 aromatic carbocycles. The van der Waals surface area contributed by atoms with E-state index in [0.29, 0.717) is 25.9 Å². The average Bonchev–Trinajstić information content (AvgIpc) is 2.98. The highest BCUT2D eigenvalue weighted by Gasteiger charge is 2.45. The molecule has 1 N–H and O–H groups in total. The van der Waals surface area contributed by atoms with Gasteiger partial charge in [-0.3, -0.25) is 9.59 Å². The summed E-state index contributed by atoms with van der Waals surface area (Å²) in [6.45, 7) is 3.21. The molecule has 3 rings (SSSR count). The first-order valence-electron chi connectivity index (χ1n) is 6.74. The maximum absolute atomic E-state index is 12.1. The smallest absolute Gasteiger partial charge is 0.292 e. The molecule has 2 saturated heterocycles. The number of aromatic nitrogens is 1. The summed E-state index contributed by atoms with van der Waals surface area (Å²) >= 11 is 0. The van der Waals surface area contributed by atoms with E-state index in [-0.39, 0.29) is 35.8 Å². The first kappa shape index (κ1) is 13.1. The fourth-order valence-electron chi connectivity index (χ4n) is 2.90. The molecule has 20 heavy (non-hydrogen) atoms. The van der Waals surface area contributed by atoms with Gasteiger partial charge in [-0.1, -0.05) is 5.16 Å². The number of amides is 2. The number of rotatable bonds is 1. The molecule has 1 atom stereocenters. The molecule has 2 fully saturated rings. The average molecular weight is 279 g/mol. The second-order valence-electron chi connectivity index (χ2n) is 5.31. The van der Waals surface area contributed by atoms with Crippen molar-refractivity contribution in [1.82, 2.24) is 15.4 Å². The normalized spacial score (nSPS) is 25.6. The number of nitrogens with one attached hydrogen (secondary N) is 1. The topological polar surface area (TPSA) is 84.7 Å². The van der Waals surface area contributed by atoms with E-state index in [1.807, 2.05) is 6.92 Å². The van der Waals surface area contributed by atoms with Crippen LogP contribution < -0.4 is 5.32 Å². The minimum atomic E-state index is -0.355. The van der Waals surface area contributed by atoms with Gasteiger partial charge in [0.05, 0.1) is 17.8 Å². The number of carbonyl (C=O) groups is 2. The Morgan fingerprint density at radius 3 is 2.85 bits per heavy atom. The van der Waals surface area contributed by atoms with Crippen molar-refractivity contribution in [2.24, 2.45) is 0 Å². The van der Waals surface area contributed by atoms with Crippen molar-refractivity contribution < 1.29 is 18.8 Å². The van der Waals surface area contributed by atoms with Gasteiger partial charge in [0.2, 0.25) is 11.7 Å². The third-order valence-electron chi connectivity index (χ3n) is 4.20. The number of piperidine rings is 1. The number of likely N-dealkylation sites (tertiary alicyclic amines) is 1. The van der Waals surface area contributed by atoms with Gasteiger partial charge in [0.1, 0.15) is 6.61 Å². The molecule has 1 spiro atoms. The number of hydrogen-bond acceptors (Lipinski definition) is 5. The van der Waals surface area contributed by atoms with Crippen LogP contribution in [0.5, 0.6) is 0 Å². The lowest BCUT2D eigenvalue weighted by atomic mass is 9.83. The molecule has 0 saturated carbocycles. The van der Waals surface area contributed by atoms with Gasteiger partial charge in [0.15, 0.2) is 0 Å². The molecule has 1 aromatic rings. The maximum atomic E-state index is 12.1. The van der Waals surface area contributed by atoms with Crippen LogP contribution in [0.4, 0.5) is 0 Å². The summed E-state index contributed by atoms with van der Waals surface area (Å²) in [6, 6.07) is 1.53. The Bertz CT molecular complexity index is 506. The second-order valence-corrected chi connectivity index (χ2v) is 5.31. The van der Waals surface area contributed by atoms with Crippen LogP contribution in [0.25, 0.3) is 0 Å².